The number of thioether (sulfide) groups is 1. The molecule has 9 heteroatoms. The molecule has 1 aromatic rings. The van der Waals surface area contributed by atoms with Crippen molar-refractivity contribution in [3.8, 4) is 12.3 Å². The second-order valence-electron chi connectivity index (χ2n) is 9.18. The molecular weight excluding hydrogens is 458 g/mol. The van der Waals surface area contributed by atoms with Crippen LogP contribution in [0, 0.1) is 24.7 Å². The van der Waals surface area contributed by atoms with Gasteiger partial charge in [-0.2, -0.15) is 0 Å². The molecule has 0 unspecified atom stereocenters. The predicted octanol–water partition coefficient (Wildman–Crippen LogP) is 4.95. The number of H-pyrrole nitrogens is 1. The van der Waals surface area contributed by atoms with Crippen LogP contribution >= 0.6 is 11.8 Å². The van der Waals surface area contributed by atoms with Crippen molar-refractivity contribution in [2.45, 2.75) is 52.9 Å². The number of aryl methyl sites for hydroxylation is 1. The van der Waals surface area contributed by atoms with Crippen LogP contribution in [0.2, 0.25) is 0 Å². The fraction of sp³-hybridized carbons (Fsp3) is 0.538. The number of azo groups is 1. The molecule has 3 rings (SSSR count). The number of rotatable bonds is 8. The van der Waals surface area contributed by atoms with Crippen LogP contribution in [0.15, 0.2) is 54.7 Å². The quantitative estimate of drug-likeness (QED) is 0.176. The Hall–Kier alpha value is -2.83. The number of hydrogen-bond acceptors (Lipinski definition) is 7. The number of aliphatic imine (C=N–C) groups is 1. The summed E-state index contributed by atoms with van der Waals surface area (Å²) in [5.74, 6) is 2.65. The predicted molar refractivity (Wildman–Crippen MR) is 146 cm³/mol. The van der Waals surface area contributed by atoms with Gasteiger partial charge in [0.25, 0.3) is 5.56 Å². The van der Waals surface area contributed by atoms with Crippen molar-refractivity contribution >= 4 is 23.8 Å². The van der Waals surface area contributed by atoms with Crippen molar-refractivity contribution in [1.29, 1.82) is 0 Å². The Morgan fingerprint density at radius 1 is 1.23 bits per heavy atom. The van der Waals surface area contributed by atoms with Crippen molar-refractivity contribution in [3.63, 3.8) is 0 Å². The molecule has 2 N–H and O–H groups in total. The monoisotopic (exact) mass is 495 g/mol. The highest BCUT2D eigenvalue weighted by atomic mass is 32.2. The van der Waals surface area contributed by atoms with Crippen LogP contribution < -0.4 is 10.9 Å². The number of hydrogen-bond donors (Lipinski definition) is 2. The third-order valence-electron chi connectivity index (χ3n) is 6.59. The van der Waals surface area contributed by atoms with E-state index in [4.69, 9.17) is 11.4 Å². The number of aromatic amines is 1. The highest BCUT2D eigenvalue weighted by Gasteiger charge is 2.30. The van der Waals surface area contributed by atoms with E-state index in [1.54, 1.807) is 25.0 Å². The molecular formula is C26H37N7OS. The first kappa shape index (κ1) is 26.8. The summed E-state index contributed by atoms with van der Waals surface area (Å²) in [6, 6.07) is 0. The first-order valence-electron chi connectivity index (χ1n) is 12.2. The number of aromatic nitrogens is 2. The number of nitrogens with zero attached hydrogens (tertiary/aromatic N) is 5. The number of terminal acetylenes is 1. The first-order chi connectivity index (χ1) is 16.9. The third-order valence-corrected chi connectivity index (χ3v) is 7.05. The van der Waals surface area contributed by atoms with E-state index in [0.717, 1.165) is 50.4 Å². The van der Waals surface area contributed by atoms with Crippen molar-refractivity contribution in [2.24, 2.45) is 20.6 Å². The molecule has 0 spiro atoms. The summed E-state index contributed by atoms with van der Waals surface area (Å²) in [5.41, 5.74) is 2.81. The summed E-state index contributed by atoms with van der Waals surface area (Å²) in [7, 11) is 0. The Morgan fingerprint density at radius 3 is 2.57 bits per heavy atom. The summed E-state index contributed by atoms with van der Waals surface area (Å²) in [4.78, 5) is 20.0. The van der Waals surface area contributed by atoms with E-state index in [1.165, 1.54) is 23.9 Å². The van der Waals surface area contributed by atoms with E-state index in [0.29, 0.717) is 11.4 Å². The zero-order valence-electron chi connectivity index (χ0n) is 21.3. The summed E-state index contributed by atoms with van der Waals surface area (Å²) in [6.45, 7) is 9.42. The Morgan fingerprint density at radius 2 is 1.94 bits per heavy atom. The minimum Gasteiger partial charge on any atom is -0.367 e. The van der Waals surface area contributed by atoms with Gasteiger partial charge in [0, 0.05) is 31.6 Å². The average molecular weight is 496 g/mol. The van der Waals surface area contributed by atoms with Gasteiger partial charge in [-0.15, -0.1) is 28.4 Å². The maximum atomic E-state index is 13.1. The smallest absolute Gasteiger partial charge is 0.300 e. The molecule has 8 nitrogen and oxygen atoms in total. The molecule has 0 aromatic carbocycles. The van der Waals surface area contributed by atoms with E-state index in [1.807, 2.05) is 25.3 Å². The molecule has 188 valence electrons. The van der Waals surface area contributed by atoms with Crippen molar-refractivity contribution in [1.82, 2.24) is 20.0 Å². The van der Waals surface area contributed by atoms with Crippen LogP contribution in [0.3, 0.4) is 0 Å². The van der Waals surface area contributed by atoms with Gasteiger partial charge in [-0.05, 0) is 50.3 Å². The SMILES string of the molecule is C#C/C(N=Nc1c(C)[nH]n(C=N/C(=C\SC)C2(C)CCCCC2)c1=O)=C(\C=C/C)N1CCNCC1. The summed E-state index contributed by atoms with van der Waals surface area (Å²) in [6.07, 6.45) is 19.2. The van der Waals surface area contributed by atoms with Gasteiger partial charge in [-0.25, -0.2) is 9.67 Å². The van der Waals surface area contributed by atoms with Gasteiger partial charge in [0.1, 0.15) is 6.34 Å². The summed E-state index contributed by atoms with van der Waals surface area (Å²) in [5, 5.41) is 17.1. The molecule has 1 aromatic heterocycles. The lowest BCUT2D eigenvalue weighted by molar-refractivity contribution is 0.265. The molecule has 0 atom stereocenters. The molecule has 0 bridgehead atoms. The van der Waals surface area contributed by atoms with Crippen molar-refractivity contribution in [3.05, 3.63) is 50.7 Å². The fourth-order valence-electron chi connectivity index (χ4n) is 4.56. The van der Waals surface area contributed by atoms with E-state index in [-0.39, 0.29) is 16.7 Å². The highest BCUT2D eigenvalue weighted by molar-refractivity contribution is 8.01. The average Bonchev–Trinajstić information content (AvgIpc) is 3.14. The highest BCUT2D eigenvalue weighted by Crippen LogP contribution is 2.43. The van der Waals surface area contributed by atoms with Crippen LogP contribution in [-0.2, 0) is 0 Å². The zero-order chi connectivity index (χ0) is 25.3. The van der Waals surface area contributed by atoms with Crippen molar-refractivity contribution < 1.29 is 0 Å². The maximum Gasteiger partial charge on any atom is 0.300 e. The second kappa shape index (κ2) is 12.8. The van der Waals surface area contributed by atoms with Crippen LogP contribution in [0.5, 0.6) is 0 Å². The first-order valence-corrected chi connectivity index (χ1v) is 13.5. The Labute approximate surface area is 212 Å². The van der Waals surface area contributed by atoms with Gasteiger partial charge in [0.05, 0.1) is 17.1 Å². The van der Waals surface area contributed by atoms with E-state index >= 15 is 0 Å². The van der Waals surface area contributed by atoms with E-state index in [2.05, 4.69) is 43.8 Å². The number of allylic oxidation sites excluding steroid dienone is 4. The molecule has 0 amide bonds. The molecule has 2 fully saturated rings. The summed E-state index contributed by atoms with van der Waals surface area (Å²) >= 11 is 1.64. The molecule has 1 aliphatic carbocycles. The van der Waals surface area contributed by atoms with Crippen LogP contribution in [0.1, 0.15) is 51.6 Å². The van der Waals surface area contributed by atoms with Crippen molar-refractivity contribution in [2.75, 3.05) is 32.4 Å². The second-order valence-corrected chi connectivity index (χ2v) is 9.89. The van der Waals surface area contributed by atoms with Crippen LogP contribution in [-0.4, -0.2) is 53.5 Å². The molecule has 2 heterocycles. The minimum atomic E-state index is -0.307. The topological polar surface area (TPSA) is 90.1 Å². The third kappa shape index (κ3) is 6.65. The van der Waals surface area contributed by atoms with Crippen LogP contribution in [0.4, 0.5) is 5.69 Å². The molecule has 1 aliphatic heterocycles. The summed E-state index contributed by atoms with van der Waals surface area (Å²) < 4.78 is 1.37. The lowest BCUT2D eigenvalue weighted by Gasteiger charge is -2.33. The lowest BCUT2D eigenvalue weighted by atomic mass is 9.74. The lowest BCUT2D eigenvalue weighted by Crippen LogP contribution is -2.42. The van der Waals surface area contributed by atoms with Gasteiger partial charge >= 0.3 is 0 Å². The molecule has 0 radical (unpaired) electrons. The zero-order valence-corrected chi connectivity index (χ0v) is 22.1. The number of nitrogens with one attached hydrogen (secondary N) is 2. The largest absolute Gasteiger partial charge is 0.367 e. The maximum absolute atomic E-state index is 13.1. The Balaban J connectivity index is 1.89. The number of piperazine rings is 1. The molecule has 2 aliphatic rings. The Bertz CT molecular complexity index is 1120. The molecule has 1 saturated heterocycles. The van der Waals surface area contributed by atoms with Gasteiger partial charge in [-0.1, -0.05) is 32.3 Å². The standard InChI is InChI=1S/C26H37N7OS/c1-6-11-22(32-16-14-27-15-17-32)21(7-2)29-30-24-20(3)31-33(25(24)34)19-28-23(18-35-5)26(4)12-9-8-10-13-26/h2,6,11,18-19,27,31H,8-10,12-17H2,1,3-5H3/b11-6-,22-21-,23-18-,28-19?,30-29?. The van der Waals surface area contributed by atoms with E-state index < -0.39 is 0 Å². The van der Waals surface area contributed by atoms with Crippen LogP contribution in [0.25, 0.3) is 0 Å². The fourth-order valence-corrected chi connectivity index (χ4v) is 5.13. The Kier molecular flexibility index (Phi) is 9.75. The van der Waals surface area contributed by atoms with E-state index in [9.17, 15) is 4.79 Å². The van der Waals surface area contributed by atoms with Gasteiger partial charge in [-0.3, -0.25) is 9.89 Å². The van der Waals surface area contributed by atoms with Gasteiger partial charge in [0.15, 0.2) is 11.4 Å². The molecule has 35 heavy (non-hydrogen) atoms. The molecule has 1 saturated carbocycles. The van der Waals surface area contributed by atoms with Gasteiger partial charge < -0.3 is 10.2 Å². The van der Waals surface area contributed by atoms with Gasteiger partial charge in [0.2, 0.25) is 0 Å². The normalized spacial score (nSPS) is 20.1. The minimum absolute atomic E-state index is 0.0329.